The van der Waals surface area contributed by atoms with E-state index in [4.69, 9.17) is 29.9 Å². The van der Waals surface area contributed by atoms with Gasteiger partial charge in [-0.3, -0.25) is 0 Å². The van der Waals surface area contributed by atoms with Crippen LogP contribution in [0.2, 0.25) is 0 Å². The molecule has 7 heteroatoms. The Balaban J connectivity index is 1.12. The molecule has 2 heterocycles. The van der Waals surface area contributed by atoms with Crippen LogP contribution < -0.4 is 0 Å². The van der Waals surface area contributed by atoms with E-state index in [9.17, 15) is 5.26 Å². The molecule has 62 heavy (non-hydrogen) atoms. The number of hydrogen-bond donors (Lipinski definition) is 0. The molecule has 0 aliphatic carbocycles. The number of hydrogen-bond acceptors (Lipinski definition) is 7. The highest BCUT2D eigenvalue weighted by molar-refractivity contribution is 5.94. The molecule has 0 radical (unpaired) electrons. The minimum atomic E-state index is 0.541. The van der Waals surface area contributed by atoms with Gasteiger partial charge in [0.2, 0.25) is 0 Å². The van der Waals surface area contributed by atoms with Gasteiger partial charge in [-0.25, -0.2) is 29.9 Å². The number of nitrogens with zero attached hydrogens (tertiary/aromatic N) is 7. The SMILES string of the molecule is N#Cc1cccc(-c2cccc(-c3nc(-c4ccccc4)nc(-c4ccccc4-c4ccccc4-c4ccccc4-c4nc(-c5ccccc5)nc(-c5ccccc5)n4)n3)c2)c1. The van der Waals surface area contributed by atoms with E-state index in [0.29, 0.717) is 40.5 Å². The van der Waals surface area contributed by atoms with Crippen LogP contribution in [0.25, 0.3) is 102 Å². The van der Waals surface area contributed by atoms with Crippen LogP contribution in [0.15, 0.2) is 212 Å². The largest absolute Gasteiger partial charge is 0.208 e. The van der Waals surface area contributed by atoms with Gasteiger partial charge in [0, 0.05) is 33.4 Å². The highest BCUT2D eigenvalue weighted by Crippen LogP contribution is 2.41. The number of aromatic nitrogens is 6. The topological polar surface area (TPSA) is 101 Å². The first kappa shape index (κ1) is 37.5. The molecule has 2 aromatic heterocycles. The maximum atomic E-state index is 9.59. The minimum Gasteiger partial charge on any atom is -0.208 e. The van der Waals surface area contributed by atoms with E-state index in [-0.39, 0.29) is 0 Å². The van der Waals surface area contributed by atoms with Gasteiger partial charge in [0.1, 0.15) is 0 Å². The molecule has 290 valence electrons. The lowest BCUT2D eigenvalue weighted by molar-refractivity contribution is 1.07. The average molecular weight is 794 g/mol. The van der Waals surface area contributed by atoms with Crippen LogP contribution in [-0.2, 0) is 0 Å². The molecule has 0 amide bonds. The third-order valence-corrected chi connectivity index (χ3v) is 10.7. The molecule has 7 nitrogen and oxygen atoms in total. The van der Waals surface area contributed by atoms with Gasteiger partial charge in [0.15, 0.2) is 34.9 Å². The molecule has 0 saturated heterocycles. The summed E-state index contributed by atoms with van der Waals surface area (Å²) in [6.07, 6.45) is 0. The van der Waals surface area contributed by atoms with E-state index in [1.807, 2.05) is 158 Å². The van der Waals surface area contributed by atoms with Crippen LogP contribution in [0, 0.1) is 11.3 Å². The second-order valence-corrected chi connectivity index (χ2v) is 14.6. The van der Waals surface area contributed by atoms with Crippen LogP contribution in [0.1, 0.15) is 5.56 Å². The van der Waals surface area contributed by atoms with Gasteiger partial charge >= 0.3 is 0 Å². The van der Waals surface area contributed by atoms with Crippen molar-refractivity contribution in [2.24, 2.45) is 0 Å². The van der Waals surface area contributed by atoms with Crippen LogP contribution in [0.5, 0.6) is 0 Å². The molecule has 0 N–H and O–H groups in total. The normalized spacial score (nSPS) is 10.9. The zero-order chi connectivity index (χ0) is 41.7. The van der Waals surface area contributed by atoms with Crippen molar-refractivity contribution in [3.05, 3.63) is 218 Å². The van der Waals surface area contributed by atoms with E-state index in [0.717, 1.165) is 66.8 Å². The van der Waals surface area contributed by atoms with E-state index in [1.54, 1.807) is 0 Å². The fourth-order valence-corrected chi connectivity index (χ4v) is 7.66. The third-order valence-electron chi connectivity index (χ3n) is 10.7. The lowest BCUT2D eigenvalue weighted by atomic mass is 9.89. The average Bonchev–Trinajstić information content (AvgIpc) is 3.37. The molecule has 8 aromatic carbocycles. The molecular formula is C55H35N7. The van der Waals surface area contributed by atoms with Gasteiger partial charge in [-0.15, -0.1) is 0 Å². The Morgan fingerprint density at radius 1 is 0.242 bits per heavy atom. The highest BCUT2D eigenvalue weighted by atomic mass is 15.0. The predicted octanol–water partition coefficient (Wildman–Crippen LogP) is 12.9. The monoisotopic (exact) mass is 793 g/mol. The summed E-state index contributed by atoms with van der Waals surface area (Å²) in [7, 11) is 0. The summed E-state index contributed by atoms with van der Waals surface area (Å²) in [5.41, 5.74) is 11.7. The van der Waals surface area contributed by atoms with Gasteiger partial charge in [-0.2, -0.15) is 5.26 Å². The lowest BCUT2D eigenvalue weighted by Gasteiger charge is -2.17. The summed E-state index contributed by atoms with van der Waals surface area (Å²) in [5.74, 6) is 3.43. The Morgan fingerprint density at radius 3 is 0.952 bits per heavy atom. The Hall–Kier alpha value is -8.73. The van der Waals surface area contributed by atoms with E-state index < -0.39 is 0 Å². The van der Waals surface area contributed by atoms with Crippen LogP contribution in [0.3, 0.4) is 0 Å². The smallest absolute Gasteiger partial charge is 0.164 e. The van der Waals surface area contributed by atoms with Crippen molar-refractivity contribution in [2.45, 2.75) is 0 Å². The number of benzene rings is 8. The third kappa shape index (κ3) is 7.63. The van der Waals surface area contributed by atoms with Crippen LogP contribution >= 0.6 is 0 Å². The Morgan fingerprint density at radius 2 is 0.532 bits per heavy atom. The van der Waals surface area contributed by atoms with Gasteiger partial charge in [0.05, 0.1) is 11.6 Å². The summed E-state index contributed by atoms with van der Waals surface area (Å²) in [5, 5.41) is 9.59. The molecule has 0 aliphatic rings. The van der Waals surface area contributed by atoms with E-state index >= 15 is 0 Å². The minimum absolute atomic E-state index is 0.541. The van der Waals surface area contributed by atoms with Crippen molar-refractivity contribution in [2.75, 3.05) is 0 Å². The van der Waals surface area contributed by atoms with Gasteiger partial charge in [-0.1, -0.05) is 194 Å². The highest BCUT2D eigenvalue weighted by Gasteiger charge is 2.21. The van der Waals surface area contributed by atoms with Crippen LogP contribution in [-0.4, -0.2) is 29.9 Å². The standard InChI is InChI=1S/C55H35N7/c56-36-37-18-16-25-41(34-37)42-26-17-27-43(35-42)53-58-52(40-23-8-3-9-24-40)61-55(62-53)49-33-15-13-31-47(49)45-29-11-10-28-44(45)46-30-12-14-32-48(46)54-59-50(38-19-4-1-5-20-38)57-51(60-54)39-21-6-2-7-22-39/h1-35H. The lowest BCUT2D eigenvalue weighted by Crippen LogP contribution is -2.02. The molecule has 0 spiro atoms. The first-order valence-electron chi connectivity index (χ1n) is 20.3. The fraction of sp³-hybridized carbons (Fsp3) is 0. The first-order valence-corrected chi connectivity index (χ1v) is 20.3. The molecule has 0 bridgehead atoms. The molecule has 0 saturated carbocycles. The van der Waals surface area contributed by atoms with Crippen molar-refractivity contribution in [1.29, 1.82) is 5.26 Å². The van der Waals surface area contributed by atoms with Crippen molar-refractivity contribution >= 4 is 0 Å². The maximum absolute atomic E-state index is 9.59. The molecule has 0 aliphatic heterocycles. The maximum Gasteiger partial charge on any atom is 0.164 e. The Labute approximate surface area is 359 Å². The zero-order valence-electron chi connectivity index (χ0n) is 33.3. The molecule has 10 rings (SSSR count). The first-order chi connectivity index (χ1) is 30.7. The van der Waals surface area contributed by atoms with E-state index in [2.05, 4.69) is 60.7 Å². The zero-order valence-corrected chi connectivity index (χ0v) is 33.3. The van der Waals surface area contributed by atoms with Gasteiger partial charge < -0.3 is 0 Å². The summed E-state index contributed by atoms with van der Waals surface area (Å²) >= 11 is 0. The van der Waals surface area contributed by atoms with Gasteiger partial charge in [0.25, 0.3) is 0 Å². The molecule has 0 fully saturated rings. The molecule has 0 unspecified atom stereocenters. The van der Waals surface area contributed by atoms with Gasteiger partial charge in [-0.05, 0) is 51.6 Å². The van der Waals surface area contributed by atoms with Crippen LogP contribution in [0.4, 0.5) is 0 Å². The molecule has 0 atom stereocenters. The van der Waals surface area contributed by atoms with Crippen molar-refractivity contribution in [3.8, 4) is 108 Å². The Bertz CT molecular complexity index is 3200. The van der Waals surface area contributed by atoms with E-state index in [1.165, 1.54) is 0 Å². The molecular weight excluding hydrogens is 759 g/mol. The number of rotatable bonds is 9. The summed E-state index contributed by atoms with van der Waals surface area (Å²) in [6.45, 7) is 0. The summed E-state index contributed by atoms with van der Waals surface area (Å²) < 4.78 is 0. The predicted molar refractivity (Wildman–Crippen MR) is 247 cm³/mol. The second kappa shape index (κ2) is 16.9. The Kier molecular flexibility index (Phi) is 10.2. The van der Waals surface area contributed by atoms with Crippen molar-refractivity contribution < 1.29 is 0 Å². The quantitative estimate of drug-likeness (QED) is 0.143. The number of nitriles is 1. The fourth-order valence-electron chi connectivity index (χ4n) is 7.66. The summed E-state index contributed by atoms with van der Waals surface area (Å²) in [4.78, 5) is 30.5. The van der Waals surface area contributed by atoms with Crippen molar-refractivity contribution in [3.63, 3.8) is 0 Å². The summed E-state index contributed by atoms with van der Waals surface area (Å²) in [6, 6.07) is 72.9. The molecule has 10 aromatic rings. The second-order valence-electron chi connectivity index (χ2n) is 14.6. The van der Waals surface area contributed by atoms with Crippen molar-refractivity contribution in [1.82, 2.24) is 29.9 Å².